The SMILES string of the molecule is NS(=O)(=O)c1nn2c(-c3ccc(Cl)cc3)c(-c3ccccc3Cl)cnc2c1C(=O)NC1CCCC1. The van der Waals surface area contributed by atoms with Crippen LogP contribution in [-0.4, -0.2) is 35.0 Å². The van der Waals surface area contributed by atoms with Gasteiger partial charge in [-0.05, 0) is 31.0 Å². The molecule has 0 saturated heterocycles. The molecular weight excluding hydrogens is 509 g/mol. The summed E-state index contributed by atoms with van der Waals surface area (Å²) in [5.41, 5.74) is 2.31. The van der Waals surface area contributed by atoms with Gasteiger partial charge in [0.1, 0.15) is 5.56 Å². The monoisotopic (exact) mass is 529 g/mol. The Labute approximate surface area is 212 Å². The van der Waals surface area contributed by atoms with Crippen LogP contribution in [0.25, 0.3) is 28.0 Å². The maximum absolute atomic E-state index is 13.3. The normalized spacial score (nSPS) is 14.5. The Hall–Kier alpha value is -2.98. The van der Waals surface area contributed by atoms with E-state index in [1.54, 1.807) is 42.6 Å². The van der Waals surface area contributed by atoms with E-state index < -0.39 is 21.0 Å². The van der Waals surface area contributed by atoms with Crippen LogP contribution < -0.4 is 10.5 Å². The smallest absolute Gasteiger partial charge is 0.258 e. The van der Waals surface area contributed by atoms with E-state index in [1.165, 1.54) is 4.52 Å². The van der Waals surface area contributed by atoms with Gasteiger partial charge in [0.2, 0.25) is 5.03 Å². The Morgan fingerprint density at radius 1 is 1.03 bits per heavy atom. The van der Waals surface area contributed by atoms with Gasteiger partial charge in [0.25, 0.3) is 15.9 Å². The zero-order valence-electron chi connectivity index (χ0n) is 18.4. The second-order valence-corrected chi connectivity index (χ2v) is 10.7. The first-order valence-corrected chi connectivity index (χ1v) is 13.3. The van der Waals surface area contributed by atoms with Gasteiger partial charge in [-0.1, -0.05) is 66.4 Å². The van der Waals surface area contributed by atoms with E-state index in [0.717, 1.165) is 25.7 Å². The zero-order chi connectivity index (χ0) is 24.7. The summed E-state index contributed by atoms with van der Waals surface area (Å²) in [5.74, 6) is -0.573. The molecule has 2 heterocycles. The first-order valence-electron chi connectivity index (χ1n) is 11.0. The molecule has 1 aliphatic carbocycles. The fraction of sp³-hybridized carbons (Fsp3) is 0.208. The molecule has 0 aliphatic heterocycles. The number of primary sulfonamides is 1. The van der Waals surface area contributed by atoms with E-state index in [0.29, 0.717) is 32.4 Å². The molecule has 35 heavy (non-hydrogen) atoms. The Balaban J connectivity index is 1.81. The van der Waals surface area contributed by atoms with Gasteiger partial charge in [-0.25, -0.2) is 23.1 Å². The fourth-order valence-corrected chi connectivity index (χ4v) is 5.48. The van der Waals surface area contributed by atoms with Gasteiger partial charge in [-0.3, -0.25) is 4.79 Å². The molecule has 0 unspecified atom stereocenters. The number of carbonyl (C=O) groups is 1. The van der Waals surface area contributed by atoms with Crippen molar-refractivity contribution in [2.24, 2.45) is 5.14 Å². The van der Waals surface area contributed by atoms with Crippen molar-refractivity contribution in [3.63, 3.8) is 0 Å². The Morgan fingerprint density at radius 3 is 2.37 bits per heavy atom. The minimum atomic E-state index is -4.35. The lowest BCUT2D eigenvalue weighted by Gasteiger charge is -2.14. The van der Waals surface area contributed by atoms with E-state index in [2.05, 4.69) is 15.4 Å². The zero-order valence-corrected chi connectivity index (χ0v) is 20.7. The lowest BCUT2D eigenvalue weighted by molar-refractivity contribution is 0.0936. The second-order valence-electron chi connectivity index (χ2n) is 8.42. The van der Waals surface area contributed by atoms with Crippen LogP contribution in [0.1, 0.15) is 36.0 Å². The number of nitrogens with zero attached hydrogens (tertiary/aromatic N) is 3. The number of halogens is 2. The predicted octanol–water partition coefficient (Wildman–Crippen LogP) is 4.69. The fourth-order valence-electron chi connectivity index (χ4n) is 4.45. The highest BCUT2D eigenvalue weighted by molar-refractivity contribution is 7.89. The molecule has 2 aromatic carbocycles. The molecular formula is C24H21Cl2N5O3S. The number of nitrogens with two attached hydrogens (primary N) is 1. The van der Waals surface area contributed by atoms with Gasteiger partial charge >= 0.3 is 0 Å². The van der Waals surface area contributed by atoms with E-state index in [4.69, 9.17) is 28.3 Å². The second kappa shape index (κ2) is 9.23. The third kappa shape index (κ3) is 4.52. The Bertz CT molecular complexity index is 1550. The van der Waals surface area contributed by atoms with Gasteiger partial charge in [0.15, 0.2) is 5.65 Å². The molecule has 1 amide bonds. The van der Waals surface area contributed by atoms with Gasteiger partial charge in [0, 0.05) is 39.0 Å². The molecule has 0 bridgehead atoms. The van der Waals surface area contributed by atoms with Gasteiger partial charge in [-0.15, -0.1) is 0 Å². The molecule has 180 valence electrons. The molecule has 0 radical (unpaired) electrons. The number of hydrogen-bond acceptors (Lipinski definition) is 5. The maximum atomic E-state index is 13.3. The summed E-state index contributed by atoms with van der Waals surface area (Å²) in [6.07, 6.45) is 5.22. The minimum absolute atomic E-state index is 0.0380. The highest BCUT2D eigenvalue weighted by Gasteiger charge is 2.31. The Kier molecular flexibility index (Phi) is 6.27. The molecule has 0 atom stereocenters. The van der Waals surface area contributed by atoms with Crippen molar-refractivity contribution >= 4 is 44.8 Å². The summed E-state index contributed by atoms with van der Waals surface area (Å²) in [5, 5.41) is 13.2. The van der Waals surface area contributed by atoms with E-state index in [-0.39, 0.29) is 17.3 Å². The van der Waals surface area contributed by atoms with Crippen molar-refractivity contribution in [3.05, 3.63) is 70.3 Å². The average molecular weight is 530 g/mol. The number of nitrogens with one attached hydrogen (secondary N) is 1. The quantitative estimate of drug-likeness (QED) is 0.388. The van der Waals surface area contributed by atoms with E-state index >= 15 is 0 Å². The van der Waals surface area contributed by atoms with Crippen LogP contribution in [0.3, 0.4) is 0 Å². The summed E-state index contributed by atoms with van der Waals surface area (Å²) in [6, 6.07) is 14.1. The average Bonchev–Trinajstić information content (AvgIpc) is 3.47. The van der Waals surface area contributed by atoms with Crippen molar-refractivity contribution in [1.29, 1.82) is 0 Å². The number of hydrogen-bond donors (Lipinski definition) is 2. The number of rotatable bonds is 5. The number of fused-ring (bicyclic) bond motifs is 1. The maximum Gasteiger partial charge on any atom is 0.258 e. The van der Waals surface area contributed by atoms with Crippen LogP contribution in [0.15, 0.2) is 59.8 Å². The summed E-state index contributed by atoms with van der Waals surface area (Å²) in [6.45, 7) is 0. The van der Waals surface area contributed by atoms with Crippen LogP contribution in [0, 0.1) is 0 Å². The highest BCUT2D eigenvalue weighted by Crippen LogP contribution is 2.37. The van der Waals surface area contributed by atoms with E-state index in [1.807, 2.05) is 12.1 Å². The van der Waals surface area contributed by atoms with Gasteiger partial charge in [0.05, 0.1) is 5.69 Å². The number of sulfonamides is 1. The summed E-state index contributed by atoms with van der Waals surface area (Å²) < 4.78 is 26.4. The first kappa shape index (κ1) is 23.7. The van der Waals surface area contributed by atoms with Crippen LogP contribution in [0.2, 0.25) is 10.0 Å². The number of aromatic nitrogens is 3. The third-order valence-electron chi connectivity index (χ3n) is 6.08. The number of amides is 1. The van der Waals surface area contributed by atoms with Crippen molar-refractivity contribution in [1.82, 2.24) is 19.9 Å². The van der Waals surface area contributed by atoms with Crippen molar-refractivity contribution < 1.29 is 13.2 Å². The van der Waals surface area contributed by atoms with Crippen LogP contribution >= 0.6 is 23.2 Å². The van der Waals surface area contributed by atoms with Gasteiger partial charge in [-0.2, -0.15) is 5.10 Å². The van der Waals surface area contributed by atoms with Crippen molar-refractivity contribution in [2.75, 3.05) is 0 Å². The third-order valence-corrected chi connectivity index (χ3v) is 7.49. The largest absolute Gasteiger partial charge is 0.349 e. The summed E-state index contributed by atoms with van der Waals surface area (Å²) in [7, 11) is -4.35. The summed E-state index contributed by atoms with van der Waals surface area (Å²) >= 11 is 12.6. The predicted molar refractivity (Wildman–Crippen MR) is 135 cm³/mol. The molecule has 3 N–H and O–H groups in total. The minimum Gasteiger partial charge on any atom is -0.349 e. The first-order chi connectivity index (χ1) is 16.7. The Morgan fingerprint density at radius 2 is 1.71 bits per heavy atom. The molecule has 0 spiro atoms. The van der Waals surface area contributed by atoms with Crippen LogP contribution in [0.4, 0.5) is 0 Å². The number of carbonyl (C=O) groups excluding carboxylic acids is 1. The molecule has 11 heteroatoms. The van der Waals surface area contributed by atoms with Crippen molar-refractivity contribution in [2.45, 2.75) is 36.8 Å². The lowest BCUT2D eigenvalue weighted by atomic mass is 10.0. The molecule has 1 saturated carbocycles. The van der Waals surface area contributed by atoms with Crippen LogP contribution in [0.5, 0.6) is 0 Å². The topological polar surface area (TPSA) is 119 Å². The molecule has 8 nitrogen and oxygen atoms in total. The highest BCUT2D eigenvalue weighted by atomic mass is 35.5. The van der Waals surface area contributed by atoms with Crippen molar-refractivity contribution in [3.8, 4) is 22.4 Å². The molecule has 5 rings (SSSR count). The standard InChI is InChI=1S/C24H21Cl2N5O3S/c25-15-11-9-14(10-12-15)21-18(17-7-3-4-8-19(17)26)13-28-22-20(23(32)29-16-5-1-2-6-16)24(30-31(21)22)35(27,33)34/h3-4,7-13,16H,1-2,5-6H2,(H,29,32)(H2,27,33,34). The van der Waals surface area contributed by atoms with Crippen LogP contribution in [-0.2, 0) is 10.0 Å². The van der Waals surface area contributed by atoms with Gasteiger partial charge < -0.3 is 5.32 Å². The number of benzene rings is 2. The lowest BCUT2D eigenvalue weighted by Crippen LogP contribution is -2.33. The molecule has 4 aromatic rings. The molecule has 1 fully saturated rings. The van der Waals surface area contributed by atoms with E-state index in [9.17, 15) is 13.2 Å². The summed E-state index contributed by atoms with van der Waals surface area (Å²) in [4.78, 5) is 17.7. The molecule has 2 aromatic heterocycles. The molecule has 1 aliphatic rings.